The first-order chi connectivity index (χ1) is 4.86. The highest BCUT2D eigenvalue weighted by molar-refractivity contribution is 5.85. The van der Waals surface area contributed by atoms with E-state index in [0.29, 0.717) is 6.04 Å². The van der Waals surface area contributed by atoms with Gasteiger partial charge in [-0.2, -0.15) is 0 Å². The molecule has 0 aromatic heterocycles. The van der Waals surface area contributed by atoms with Gasteiger partial charge < -0.3 is 10.4 Å². The predicted molar refractivity (Wildman–Crippen MR) is 47.0 cm³/mol. The molecule has 0 spiro atoms. The highest BCUT2D eigenvalue weighted by Gasteiger charge is 2.33. The summed E-state index contributed by atoms with van der Waals surface area (Å²) in [6, 6.07) is 0.642. The number of nitrogens with one attached hydrogen (secondary N) is 1. The first kappa shape index (κ1) is 9.30. The minimum absolute atomic E-state index is 0. The van der Waals surface area contributed by atoms with Crippen LogP contribution in [0.15, 0.2) is 0 Å². The molecule has 0 aromatic rings. The second-order valence-corrected chi connectivity index (χ2v) is 3.58. The summed E-state index contributed by atoms with van der Waals surface area (Å²) in [6.45, 7) is 1.02. The normalized spacial score (nSPS) is 37.9. The van der Waals surface area contributed by atoms with Gasteiger partial charge in [0, 0.05) is 6.04 Å². The molecule has 66 valence electrons. The molecule has 1 aliphatic heterocycles. The standard InChI is InChI=1S/C8H15NO.ClH/c10-7-3-4-9-8(5-7)6-1-2-6;/h6-10H,1-5H2;1H/t7-,8-;/m1./s1. The van der Waals surface area contributed by atoms with Crippen molar-refractivity contribution in [3.05, 3.63) is 0 Å². The third-order valence-electron chi connectivity index (χ3n) is 2.60. The smallest absolute Gasteiger partial charge is 0.0567 e. The van der Waals surface area contributed by atoms with E-state index in [1.54, 1.807) is 0 Å². The minimum atomic E-state index is -0.0214. The van der Waals surface area contributed by atoms with Crippen molar-refractivity contribution in [3.8, 4) is 0 Å². The van der Waals surface area contributed by atoms with Gasteiger partial charge in [-0.15, -0.1) is 12.4 Å². The van der Waals surface area contributed by atoms with Crippen molar-refractivity contribution in [1.82, 2.24) is 5.32 Å². The highest BCUT2D eigenvalue weighted by Crippen LogP contribution is 2.35. The number of piperidine rings is 1. The number of hydrogen-bond acceptors (Lipinski definition) is 2. The molecule has 2 N–H and O–H groups in total. The Morgan fingerprint density at radius 2 is 1.91 bits per heavy atom. The van der Waals surface area contributed by atoms with Crippen molar-refractivity contribution in [1.29, 1.82) is 0 Å². The molecular formula is C8H16ClNO. The summed E-state index contributed by atoms with van der Waals surface area (Å²) in [5.74, 6) is 0.898. The molecule has 1 heterocycles. The maximum atomic E-state index is 9.32. The van der Waals surface area contributed by atoms with Crippen LogP contribution in [0.4, 0.5) is 0 Å². The average Bonchev–Trinajstić information content (AvgIpc) is 2.68. The topological polar surface area (TPSA) is 32.3 Å². The Morgan fingerprint density at radius 3 is 2.45 bits per heavy atom. The summed E-state index contributed by atoms with van der Waals surface area (Å²) >= 11 is 0. The number of rotatable bonds is 1. The van der Waals surface area contributed by atoms with Crippen LogP contribution in [0.1, 0.15) is 25.7 Å². The molecule has 11 heavy (non-hydrogen) atoms. The van der Waals surface area contributed by atoms with Crippen LogP contribution in [0, 0.1) is 5.92 Å². The van der Waals surface area contributed by atoms with Crippen LogP contribution in [0.5, 0.6) is 0 Å². The van der Waals surface area contributed by atoms with Gasteiger partial charge in [0.25, 0.3) is 0 Å². The number of halogens is 1. The van der Waals surface area contributed by atoms with Gasteiger partial charge in [0.05, 0.1) is 6.10 Å². The molecule has 0 bridgehead atoms. The highest BCUT2D eigenvalue weighted by atomic mass is 35.5. The maximum Gasteiger partial charge on any atom is 0.0567 e. The van der Waals surface area contributed by atoms with Gasteiger partial charge in [-0.3, -0.25) is 0 Å². The molecule has 2 nitrogen and oxygen atoms in total. The molecule has 1 saturated carbocycles. The monoisotopic (exact) mass is 177 g/mol. The van der Waals surface area contributed by atoms with E-state index >= 15 is 0 Å². The molecular weight excluding hydrogens is 162 g/mol. The van der Waals surface area contributed by atoms with E-state index < -0.39 is 0 Å². The molecule has 2 rings (SSSR count). The molecule has 0 unspecified atom stereocenters. The lowest BCUT2D eigenvalue weighted by Crippen LogP contribution is -2.41. The van der Waals surface area contributed by atoms with Gasteiger partial charge in [-0.25, -0.2) is 0 Å². The van der Waals surface area contributed by atoms with Crippen molar-refractivity contribution < 1.29 is 5.11 Å². The van der Waals surface area contributed by atoms with E-state index in [4.69, 9.17) is 0 Å². The zero-order valence-electron chi connectivity index (χ0n) is 6.62. The third kappa shape index (κ3) is 2.32. The Balaban J connectivity index is 0.000000605. The van der Waals surface area contributed by atoms with E-state index in [1.807, 2.05) is 0 Å². The van der Waals surface area contributed by atoms with Gasteiger partial charge in [-0.05, 0) is 38.1 Å². The van der Waals surface area contributed by atoms with Crippen molar-refractivity contribution in [2.75, 3.05) is 6.54 Å². The largest absolute Gasteiger partial charge is 0.393 e. The zero-order valence-corrected chi connectivity index (χ0v) is 7.44. The van der Waals surface area contributed by atoms with Crippen molar-refractivity contribution in [2.24, 2.45) is 5.92 Å². The fourth-order valence-corrected chi connectivity index (χ4v) is 1.79. The van der Waals surface area contributed by atoms with Crippen LogP contribution in [0.3, 0.4) is 0 Å². The Labute approximate surface area is 73.8 Å². The second-order valence-electron chi connectivity index (χ2n) is 3.58. The van der Waals surface area contributed by atoms with Gasteiger partial charge in [-0.1, -0.05) is 0 Å². The van der Waals surface area contributed by atoms with Gasteiger partial charge in [0.2, 0.25) is 0 Å². The molecule has 3 heteroatoms. The molecule has 1 saturated heterocycles. The third-order valence-corrected chi connectivity index (χ3v) is 2.60. The van der Waals surface area contributed by atoms with E-state index in [2.05, 4.69) is 5.32 Å². The fraction of sp³-hybridized carbons (Fsp3) is 1.00. The van der Waals surface area contributed by atoms with Crippen LogP contribution in [-0.2, 0) is 0 Å². The summed E-state index contributed by atoms with van der Waals surface area (Å²) in [5.41, 5.74) is 0. The SMILES string of the molecule is Cl.O[C@@H]1CCN[C@@H](C2CC2)C1. The van der Waals surface area contributed by atoms with Crippen molar-refractivity contribution in [2.45, 2.75) is 37.8 Å². The maximum absolute atomic E-state index is 9.32. The average molecular weight is 178 g/mol. The molecule has 2 aliphatic rings. The van der Waals surface area contributed by atoms with Crippen LogP contribution in [-0.4, -0.2) is 23.8 Å². The van der Waals surface area contributed by atoms with E-state index in [9.17, 15) is 5.11 Å². The fourth-order valence-electron chi connectivity index (χ4n) is 1.79. The lowest BCUT2D eigenvalue weighted by atomic mass is 9.98. The van der Waals surface area contributed by atoms with Gasteiger partial charge >= 0.3 is 0 Å². The van der Waals surface area contributed by atoms with Crippen molar-refractivity contribution in [3.63, 3.8) is 0 Å². The van der Waals surface area contributed by atoms with E-state index in [0.717, 1.165) is 25.3 Å². The van der Waals surface area contributed by atoms with Crippen LogP contribution in [0.25, 0.3) is 0 Å². The summed E-state index contributed by atoms with van der Waals surface area (Å²) in [5, 5.41) is 12.8. The molecule has 0 aromatic carbocycles. The van der Waals surface area contributed by atoms with Crippen LogP contribution >= 0.6 is 12.4 Å². The second kappa shape index (κ2) is 3.74. The van der Waals surface area contributed by atoms with Crippen molar-refractivity contribution >= 4 is 12.4 Å². The Bertz CT molecular complexity index is 127. The van der Waals surface area contributed by atoms with Crippen LogP contribution in [0.2, 0.25) is 0 Å². The first-order valence-corrected chi connectivity index (χ1v) is 4.28. The Hall–Kier alpha value is 0.210. The zero-order chi connectivity index (χ0) is 6.97. The molecule has 1 aliphatic carbocycles. The quantitative estimate of drug-likeness (QED) is 0.625. The van der Waals surface area contributed by atoms with Gasteiger partial charge in [0.1, 0.15) is 0 Å². The lowest BCUT2D eigenvalue weighted by Gasteiger charge is -2.27. The molecule has 2 atom stereocenters. The predicted octanol–water partition coefficient (Wildman–Crippen LogP) is 0.931. The molecule has 0 amide bonds. The summed E-state index contributed by atoms with van der Waals surface area (Å²) < 4.78 is 0. The Morgan fingerprint density at radius 1 is 1.18 bits per heavy atom. The lowest BCUT2D eigenvalue weighted by molar-refractivity contribution is 0.111. The summed E-state index contributed by atoms with van der Waals surface area (Å²) in [4.78, 5) is 0. The van der Waals surface area contributed by atoms with E-state index in [-0.39, 0.29) is 18.5 Å². The first-order valence-electron chi connectivity index (χ1n) is 4.28. The Kier molecular flexibility index (Phi) is 3.16. The van der Waals surface area contributed by atoms with Gasteiger partial charge in [0.15, 0.2) is 0 Å². The minimum Gasteiger partial charge on any atom is -0.393 e. The van der Waals surface area contributed by atoms with Crippen LogP contribution < -0.4 is 5.32 Å². The summed E-state index contributed by atoms with van der Waals surface area (Å²) in [6.07, 6.45) is 4.68. The molecule has 0 radical (unpaired) electrons. The summed E-state index contributed by atoms with van der Waals surface area (Å²) in [7, 11) is 0. The number of aliphatic hydroxyl groups excluding tert-OH is 1. The number of hydrogen-bond donors (Lipinski definition) is 2. The van der Waals surface area contributed by atoms with E-state index in [1.165, 1.54) is 12.8 Å². The molecule has 2 fully saturated rings. The number of aliphatic hydroxyl groups is 1.